The number of hydrogen-bond donors (Lipinski definition) is 0. The van der Waals surface area contributed by atoms with Crippen LogP contribution in [0.25, 0.3) is 0 Å². The summed E-state index contributed by atoms with van der Waals surface area (Å²) in [4.78, 5) is 4.10. The highest BCUT2D eigenvalue weighted by Crippen LogP contribution is 2.16. The van der Waals surface area contributed by atoms with Gasteiger partial charge in [-0.05, 0) is 39.1 Å². The predicted molar refractivity (Wildman–Crippen MR) is 56.8 cm³/mol. The first-order valence-corrected chi connectivity index (χ1v) is 5.54. The second-order valence-corrected chi connectivity index (χ2v) is 4.76. The van der Waals surface area contributed by atoms with Crippen molar-refractivity contribution in [2.24, 2.45) is 0 Å². The van der Waals surface area contributed by atoms with E-state index in [2.05, 4.69) is 25.3 Å². The molecule has 0 aliphatic heterocycles. The van der Waals surface area contributed by atoms with Crippen molar-refractivity contribution >= 4 is 27.5 Å². The molecule has 0 aliphatic rings. The number of hydrogen-bond acceptors (Lipinski definition) is 3. The van der Waals surface area contributed by atoms with Gasteiger partial charge >= 0.3 is 0 Å². The molecular weight excluding hydrogens is 267 g/mol. The third-order valence-electron chi connectivity index (χ3n) is 1.75. The van der Waals surface area contributed by atoms with Gasteiger partial charge in [0.2, 0.25) is 0 Å². The van der Waals surface area contributed by atoms with Crippen LogP contribution in [0.15, 0.2) is 28.2 Å². The van der Waals surface area contributed by atoms with E-state index in [-0.39, 0.29) is 5.82 Å². The lowest BCUT2D eigenvalue weighted by atomic mass is 10.1. The molecule has 2 aromatic rings. The minimum Gasteiger partial charge on any atom is -0.212 e. The van der Waals surface area contributed by atoms with E-state index in [1.54, 1.807) is 18.2 Å². The molecule has 2 nitrogen and oxygen atoms in total. The summed E-state index contributed by atoms with van der Waals surface area (Å²) in [6.45, 7) is 0. The molecule has 0 amide bonds. The maximum absolute atomic E-state index is 13.2. The Kier molecular flexibility index (Phi) is 2.88. The molecule has 0 unspecified atom stereocenters. The van der Waals surface area contributed by atoms with Gasteiger partial charge in [-0.3, -0.25) is 0 Å². The Labute approximate surface area is 93.1 Å². The molecule has 0 N–H and O–H groups in total. The number of benzene rings is 1. The van der Waals surface area contributed by atoms with E-state index < -0.39 is 0 Å². The molecule has 0 spiro atoms. The van der Waals surface area contributed by atoms with E-state index in [9.17, 15) is 4.39 Å². The zero-order valence-electron chi connectivity index (χ0n) is 7.08. The van der Waals surface area contributed by atoms with Crippen molar-refractivity contribution in [2.45, 2.75) is 6.42 Å². The summed E-state index contributed by atoms with van der Waals surface area (Å²) >= 11 is 4.48. The molecule has 0 fully saturated rings. The van der Waals surface area contributed by atoms with Gasteiger partial charge in [-0.25, -0.2) is 9.37 Å². The number of aromatic nitrogens is 2. The van der Waals surface area contributed by atoms with Gasteiger partial charge in [0.1, 0.15) is 11.6 Å². The molecule has 0 bridgehead atoms. The molecule has 0 aliphatic carbocycles. The molecule has 72 valence electrons. The Morgan fingerprint density at radius 1 is 1.36 bits per heavy atom. The van der Waals surface area contributed by atoms with Crippen molar-refractivity contribution < 1.29 is 4.39 Å². The maximum atomic E-state index is 13.2. The average Bonchev–Trinajstić information content (AvgIpc) is 2.56. The van der Waals surface area contributed by atoms with Gasteiger partial charge in [0.25, 0.3) is 0 Å². The van der Waals surface area contributed by atoms with Crippen LogP contribution in [0.1, 0.15) is 11.4 Å². The highest BCUT2D eigenvalue weighted by molar-refractivity contribution is 9.11. The van der Waals surface area contributed by atoms with Crippen LogP contribution in [0, 0.1) is 5.82 Å². The van der Waals surface area contributed by atoms with E-state index >= 15 is 0 Å². The minimum absolute atomic E-state index is 0.210. The summed E-state index contributed by atoms with van der Waals surface area (Å²) in [7, 11) is 0. The summed E-state index contributed by atoms with van der Waals surface area (Å²) in [6.07, 6.45) is 0.439. The van der Waals surface area contributed by atoms with Crippen molar-refractivity contribution in [3.63, 3.8) is 0 Å². The van der Waals surface area contributed by atoms with Gasteiger partial charge in [0.05, 0.1) is 0 Å². The molecule has 14 heavy (non-hydrogen) atoms. The Morgan fingerprint density at radius 2 is 2.14 bits per heavy atom. The van der Waals surface area contributed by atoms with E-state index in [0.717, 1.165) is 3.92 Å². The van der Waals surface area contributed by atoms with Crippen LogP contribution in [0.4, 0.5) is 4.39 Å². The second-order valence-electron chi connectivity index (χ2n) is 2.73. The minimum atomic E-state index is -0.210. The first-order chi connectivity index (χ1) is 6.75. The van der Waals surface area contributed by atoms with Crippen LogP contribution in [0.2, 0.25) is 0 Å². The molecule has 0 saturated heterocycles. The third kappa shape index (κ3) is 2.16. The fraction of sp³-hybridized carbons (Fsp3) is 0.111. The Bertz CT molecular complexity index is 444. The average molecular weight is 273 g/mol. The van der Waals surface area contributed by atoms with Crippen molar-refractivity contribution in [1.29, 1.82) is 0 Å². The molecule has 0 saturated carbocycles. The lowest BCUT2D eigenvalue weighted by Gasteiger charge is -1.97. The Balaban J connectivity index is 2.23. The highest BCUT2D eigenvalue weighted by atomic mass is 79.9. The van der Waals surface area contributed by atoms with E-state index in [1.807, 2.05) is 0 Å². The van der Waals surface area contributed by atoms with Gasteiger partial charge in [0, 0.05) is 6.42 Å². The lowest BCUT2D eigenvalue weighted by molar-refractivity contribution is 0.612. The van der Waals surface area contributed by atoms with Crippen molar-refractivity contribution in [3.05, 3.63) is 45.4 Å². The van der Waals surface area contributed by atoms with Crippen LogP contribution < -0.4 is 0 Å². The van der Waals surface area contributed by atoms with Gasteiger partial charge in [-0.15, -0.1) is 0 Å². The smallest absolute Gasteiger partial charge is 0.179 e. The standard InChI is InChI=1S/C9H6BrFN2S/c10-9-12-8(13-14-9)5-6-3-1-2-4-7(6)11/h1-4H,5H2. The van der Waals surface area contributed by atoms with Crippen LogP contribution in [-0.4, -0.2) is 9.36 Å². The summed E-state index contributed by atoms with van der Waals surface area (Å²) in [6, 6.07) is 6.66. The maximum Gasteiger partial charge on any atom is 0.179 e. The van der Waals surface area contributed by atoms with E-state index in [1.165, 1.54) is 17.6 Å². The summed E-state index contributed by atoms with van der Waals surface area (Å²) in [5.74, 6) is 0.436. The molecule has 0 radical (unpaired) electrons. The van der Waals surface area contributed by atoms with Gasteiger partial charge in [0.15, 0.2) is 3.92 Å². The summed E-state index contributed by atoms with van der Waals surface area (Å²) in [5, 5.41) is 0. The Morgan fingerprint density at radius 3 is 2.79 bits per heavy atom. The van der Waals surface area contributed by atoms with Gasteiger partial charge < -0.3 is 0 Å². The van der Waals surface area contributed by atoms with Crippen LogP contribution in [0.3, 0.4) is 0 Å². The fourth-order valence-corrected chi connectivity index (χ4v) is 1.97. The first-order valence-electron chi connectivity index (χ1n) is 3.97. The largest absolute Gasteiger partial charge is 0.212 e. The summed E-state index contributed by atoms with van der Waals surface area (Å²) < 4.78 is 18.0. The van der Waals surface area contributed by atoms with Crippen LogP contribution >= 0.6 is 27.5 Å². The molecular formula is C9H6BrFN2S. The third-order valence-corrected chi connectivity index (χ3v) is 2.91. The highest BCUT2D eigenvalue weighted by Gasteiger charge is 2.06. The summed E-state index contributed by atoms with van der Waals surface area (Å²) in [5.41, 5.74) is 0.623. The van der Waals surface area contributed by atoms with Crippen molar-refractivity contribution in [3.8, 4) is 0 Å². The zero-order chi connectivity index (χ0) is 9.97. The van der Waals surface area contributed by atoms with Crippen molar-refractivity contribution in [1.82, 2.24) is 9.36 Å². The second kappa shape index (κ2) is 4.14. The Hall–Kier alpha value is -0.810. The fourth-order valence-electron chi connectivity index (χ4n) is 1.12. The molecule has 5 heteroatoms. The van der Waals surface area contributed by atoms with E-state index in [0.29, 0.717) is 17.8 Å². The predicted octanol–water partition coefficient (Wildman–Crippen LogP) is 3.03. The molecule has 1 aromatic carbocycles. The number of nitrogens with zero attached hydrogens (tertiary/aromatic N) is 2. The monoisotopic (exact) mass is 272 g/mol. The molecule has 1 heterocycles. The van der Waals surface area contributed by atoms with E-state index in [4.69, 9.17) is 0 Å². The molecule has 1 aromatic heterocycles. The topological polar surface area (TPSA) is 25.8 Å². The molecule has 0 atom stereocenters. The first kappa shape index (κ1) is 9.73. The SMILES string of the molecule is Fc1ccccc1Cc1nsc(Br)n1. The quantitative estimate of drug-likeness (QED) is 0.840. The van der Waals surface area contributed by atoms with Crippen LogP contribution in [-0.2, 0) is 6.42 Å². The van der Waals surface area contributed by atoms with Crippen LogP contribution in [0.5, 0.6) is 0 Å². The molecule has 2 rings (SSSR count). The normalized spacial score (nSPS) is 10.4. The number of rotatable bonds is 2. The number of halogens is 2. The van der Waals surface area contributed by atoms with Gasteiger partial charge in [-0.2, -0.15) is 4.37 Å². The van der Waals surface area contributed by atoms with Crippen molar-refractivity contribution in [2.75, 3.05) is 0 Å². The zero-order valence-corrected chi connectivity index (χ0v) is 9.48. The lowest BCUT2D eigenvalue weighted by Crippen LogP contribution is -1.93. The van der Waals surface area contributed by atoms with Gasteiger partial charge in [-0.1, -0.05) is 18.2 Å².